The van der Waals surface area contributed by atoms with Crippen molar-refractivity contribution in [1.29, 1.82) is 0 Å². The van der Waals surface area contributed by atoms with Crippen LogP contribution in [0.2, 0.25) is 0 Å². The van der Waals surface area contributed by atoms with Crippen LogP contribution in [0, 0.1) is 19.8 Å². The van der Waals surface area contributed by atoms with Crippen LogP contribution in [0.5, 0.6) is 0 Å². The van der Waals surface area contributed by atoms with Gasteiger partial charge < -0.3 is 4.74 Å². The first-order valence-corrected chi connectivity index (χ1v) is 7.72. The summed E-state index contributed by atoms with van der Waals surface area (Å²) in [5.41, 5.74) is 3.05. The van der Waals surface area contributed by atoms with Gasteiger partial charge in [-0.3, -0.25) is 4.79 Å². The summed E-state index contributed by atoms with van der Waals surface area (Å²) in [7, 11) is 0. The minimum Gasteiger partial charge on any atom is -0.378 e. The van der Waals surface area contributed by atoms with Crippen molar-refractivity contribution in [3.8, 4) is 0 Å². The Morgan fingerprint density at radius 3 is 2.63 bits per heavy atom. The number of ether oxygens (including phenoxy) is 1. The summed E-state index contributed by atoms with van der Waals surface area (Å²) in [6.07, 6.45) is 3.11. The molecule has 2 nitrogen and oxygen atoms in total. The van der Waals surface area contributed by atoms with Crippen molar-refractivity contribution in [2.75, 3.05) is 6.61 Å². The molecule has 19 heavy (non-hydrogen) atoms. The molecule has 1 aromatic rings. The van der Waals surface area contributed by atoms with E-state index in [9.17, 15) is 4.79 Å². The molecule has 1 aromatic carbocycles. The van der Waals surface area contributed by atoms with Crippen LogP contribution in [0.3, 0.4) is 0 Å². The summed E-state index contributed by atoms with van der Waals surface area (Å²) in [5.74, 6) is 0.778. The first kappa shape index (κ1) is 14.7. The predicted molar refractivity (Wildman–Crippen MR) is 80.7 cm³/mol. The molecule has 0 spiro atoms. The fraction of sp³-hybridized carbons (Fsp3) is 0.562. The van der Waals surface area contributed by atoms with Gasteiger partial charge in [-0.15, -0.1) is 0 Å². The maximum atomic E-state index is 12.3. The molecule has 0 amide bonds. The number of ketones is 1. The Kier molecular flexibility index (Phi) is 4.80. The second kappa shape index (κ2) is 6.19. The first-order chi connectivity index (χ1) is 9.01. The number of carbonyl (C=O) groups is 1. The van der Waals surface area contributed by atoms with Gasteiger partial charge >= 0.3 is 0 Å². The SMILES string of the molecule is CCOC1CC(CC(=O)c2cc(C)c(Br)cc2C)C1. The summed E-state index contributed by atoms with van der Waals surface area (Å²) < 4.78 is 6.61. The highest BCUT2D eigenvalue weighted by Crippen LogP contribution is 2.34. The van der Waals surface area contributed by atoms with Gasteiger partial charge in [0.15, 0.2) is 5.78 Å². The third-order valence-electron chi connectivity index (χ3n) is 3.87. The number of aryl methyl sites for hydroxylation is 2. The Bertz CT molecular complexity index is 476. The van der Waals surface area contributed by atoms with Gasteiger partial charge in [-0.2, -0.15) is 0 Å². The molecule has 2 rings (SSSR count). The molecular weight excluding hydrogens is 304 g/mol. The lowest BCUT2D eigenvalue weighted by Gasteiger charge is -2.34. The zero-order chi connectivity index (χ0) is 14.0. The van der Waals surface area contributed by atoms with E-state index >= 15 is 0 Å². The quantitative estimate of drug-likeness (QED) is 0.748. The minimum absolute atomic E-state index is 0.271. The molecule has 0 saturated heterocycles. The molecule has 1 fully saturated rings. The van der Waals surface area contributed by atoms with Crippen molar-refractivity contribution in [3.63, 3.8) is 0 Å². The summed E-state index contributed by atoms with van der Waals surface area (Å²) >= 11 is 3.50. The predicted octanol–water partition coefficient (Wildman–Crippen LogP) is 4.45. The van der Waals surface area contributed by atoms with Crippen molar-refractivity contribution in [1.82, 2.24) is 0 Å². The van der Waals surface area contributed by atoms with Crippen LogP contribution in [0.25, 0.3) is 0 Å². The molecule has 1 aliphatic rings. The number of hydrogen-bond donors (Lipinski definition) is 0. The standard InChI is InChI=1S/C16H21BrO2/c1-4-19-13-7-12(8-13)9-16(18)14-5-11(3)15(17)6-10(14)2/h5-6,12-13H,4,7-9H2,1-3H3. The van der Waals surface area contributed by atoms with Crippen LogP contribution in [0.15, 0.2) is 16.6 Å². The molecule has 0 atom stereocenters. The molecule has 0 aliphatic heterocycles. The van der Waals surface area contributed by atoms with Crippen LogP contribution in [0.1, 0.15) is 47.7 Å². The molecule has 0 bridgehead atoms. The number of halogens is 1. The highest BCUT2D eigenvalue weighted by Gasteiger charge is 2.31. The molecule has 0 heterocycles. The average Bonchev–Trinajstić information content (AvgIpc) is 2.31. The second-order valence-corrected chi connectivity index (χ2v) is 6.31. The highest BCUT2D eigenvalue weighted by atomic mass is 79.9. The van der Waals surface area contributed by atoms with Gasteiger partial charge in [-0.1, -0.05) is 15.9 Å². The van der Waals surface area contributed by atoms with Crippen molar-refractivity contribution in [3.05, 3.63) is 33.3 Å². The molecule has 0 unspecified atom stereocenters. The molecule has 104 valence electrons. The largest absolute Gasteiger partial charge is 0.378 e. The summed E-state index contributed by atoms with van der Waals surface area (Å²) in [6, 6.07) is 4.03. The highest BCUT2D eigenvalue weighted by molar-refractivity contribution is 9.10. The van der Waals surface area contributed by atoms with E-state index in [-0.39, 0.29) is 5.78 Å². The van der Waals surface area contributed by atoms with E-state index in [4.69, 9.17) is 4.74 Å². The normalized spacial score (nSPS) is 22.1. The Hall–Kier alpha value is -0.670. The Labute approximate surface area is 123 Å². The van der Waals surface area contributed by atoms with Crippen LogP contribution < -0.4 is 0 Å². The van der Waals surface area contributed by atoms with Crippen molar-refractivity contribution >= 4 is 21.7 Å². The number of benzene rings is 1. The van der Waals surface area contributed by atoms with Gasteiger partial charge in [-0.05, 0) is 62.8 Å². The first-order valence-electron chi connectivity index (χ1n) is 6.92. The van der Waals surface area contributed by atoms with Gasteiger partial charge in [0.1, 0.15) is 0 Å². The van der Waals surface area contributed by atoms with Gasteiger partial charge in [0.25, 0.3) is 0 Å². The Morgan fingerprint density at radius 1 is 1.32 bits per heavy atom. The molecule has 1 saturated carbocycles. The van der Waals surface area contributed by atoms with Gasteiger partial charge in [0, 0.05) is 23.1 Å². The van der Waals surface area contributed by atoms with Gasteiger partial charge in [0.2, 0.25) is 0 Å². The van der Waals surface area contributed by atoms with E-state index in [0.717, 1.165) is 40.6 Å². The molecule has 0 aromatic heterocycles. The van der Waals surface area contributed by atoms with Crippen LogP contribution >= 0.6 is 15.9 Å². The van der Waals surface area contributed by atoms with E-state index in [1.54, 1.807) is 0 Å². The zero-order valence-corrected chi connectivity index (χ0v) is 13.4. The molecule has 0 N–H and O–H groups in total. The average molecular weight is 325 g/mol. The summed E-state index contributed by atoms with van der Waals surface area (Å²) in [6.45, 7) is 6.82. The second-order valence-electron chi connectivity index (χ2n) is 5.46. The number of rotatable bonds is 5. The lowest BCUT2D eigenvalue weighted by Crippen LogP contribution is -2.32. The number of hydrogen-bond acceptors (Lipinski definition) is 2. The van der Waals surface area contributed by atoms with E-state index in [2.05, 4.69) is 15.9 Å². The molecule has 1 aliphatic carbocycles. The van der Waals surface area contributed by atoms with Crippen LogP contribution in [0.4, 0.5) is 0 Å². The summed E-state index contributed by atoms with van der Waals surface area (Å²) in [4.78, 5) is 12.3. The van der Waals surface area contributed by atoms with E-state index in [1.807, 2.05) is 32.9 Å². The Morgan fingerprint density at radius 2 is 2.00 bits per heavy atom. The van der Waals surface area contributed by atoms with Gasteiger partial charge in [0.05, 0.1) is 6.10 Å². The van der Waals surface area contributed by atoms with Crippen molar-refractivity contribution in [2.45, 2.75) is 46.1 Å². The van der Waals surface area contributed by atoms with Gasteiger partial charge in [-0.25, -0.2) is 0 Å². The summed E-state index contributed by atoms with van der Waals surface area (Å²) in [5, 5.41) is 0. The lowest BCUT2D eigenvalue weighted by atomic mass is 9.78. The van der Waals surface area contributed by atoms with E-state index in [0.29, 0.717) is 18.4 Å². The topological polar surface area (TPSA) is 26.3 Å². The number of carbonyl (C=O) groups excluding carboxylic acids is 1. The van der Waals surface area contributed by atoms with Crippen molar-refractivity contribution in [2.24, 2.45) is 5.92 Å². The Balaban J connectivity index is 1.96. The maximum Gasteiger partial charge on any atom is 0.163 e. The number of Topliss-reactive ketones (excluding diaryl/α,β-unsaturated/α-hetero) is 1. The molecule has 3 heteroatoms. The molecule has 0 radical (unpaired) electrons. The third-order valence-corrected chi connectivity index (χ3v) is 4.73. The van der Waals surface area contributed by atoms with Crippen molar-refractivity contribution < 1.29 is 9.53 Å². The smallest absolute Gasteiger partial charge is 0.163 e. The lowest BCUT2D eigenvalue weighted by molar-refractivity contribution is -0.0246. The van der Waals surface area contributed by atoms with Crippen LogP contribution in [-0.4, -0.2) is 18.5 Å². The van der Waals surface area contributed by atoms with E-state index in [1.165, 1.54) is 0 Å². The molecular formula is C16H21BrO2. The minimum atomic E-state index is 0.271. The zero-order valence-electron chi connectivity index (χ0n) is 11.8. The third kappa shape index (κ3) is 3.46. The fourth-order valence-electron chi connectivity index (χ4n) is 2.67. The maximum absolute atomic E-state index is 12.3. The fourth-order valence-corrected chi connectivity index (χ4v) is 3.12. The van der Waals surface area contributed by atoms with E-state index < -0.39 is 0 Å². The monoisotopic (exact) mass is 324 g/mol. The van der Waals surface area contributed by atoms with Crippen LogP contribution in [-0.2, 0) is 4.74 Å².